The van der Waals surface area contributed by atoms with Gasteiger partial charge in [-0.15, -0.1) is 0 Å². The van der Waals surface area contributed by atoms with Gasteiger partial charge in [-0.05, 0) is 46.5 Å². The van der Waals surface area contributed by atoms with E-state index in [9.17, 15) is 0 Å². The first-order valence-electron chi connectivity index (χ1n) is 6.41. The Kier molecular flexibility index (Phi) is 5.28. The van der Waals surface area contributed by atoms with Gasteiger partial charge in [-0.3, -0.25) is 0 Å². The van der Waals surface area contributed by atoms with Gasteiger partial charge in [0.15, 0.2) is 0 Å². The second-order valence-electron chi connectivity index (χ2n) is 4.37. The SMILES string of the molecule is COc1cc(NCCCc2ccccc2)ccc1Br. The van der Waals surface area contributed by atoms with Crippen LogP contribution >= 0.6 is 15.9 Å². The molecule has 2 aromatic carbocycles. The molecule has 100 valence electrons. The Labute approximate surface area is 122 Å². The summed E-state index contributed by atoms with van der Waals surface area (Å²) in [5, 5.41) is 3.42. The third-order valence-corrected chi connectivity index (χ3v) is 3.62. The molecule has 3 heteroatoms. The van der Waals surface area contributed by atoms with E-state index >= 15 is 0 Å². The minimum absolute atomic E-state index is 0.855. The van der Waals surface area contributed by atoms with Gasteiger partial charge >= 0.3 is 0 Å². The highest BCUT2D eigenvalue weighted by Crippen LogP contribution is 2.27. The van der Waals surface area contributed by atoms with E-state index < -0.39 is 0 Å². The van der Waals surface area contributed by atoms with E-state index in [4.69, 9.17) is 4.74 Å². The molecule has 0 saturated heterocycles. The van der Waals surface area contributed by atoms with Gasteiger partial charge < -0.3 is 10.1 Å². The van der Waals surface area contributed by atoms with E-state index in [1.165, 1.54) is 5.56 Å². The van der Waals surface area contributed by atoms with Gasteiger partial charge in [0.25, 0.3) is 0 Å². The van der Waals surface area contributed by atoms with Crippen molar-refractivity contribution in [2.45, 2.75) is 12.8 Å². The number of aryl methyl sites for hydroxylation is 1. The van der Waals surface area contributed by atoms with Gasteiger partial charge in [-0.25, -0.2) is 0 Å². The average molecular weight is 320 g/mol. The maximum Gasteiger partial charge on any atom is 0.135 e. The number of anilines is 1. The van der Waals surface area contributed by atoms with Crippen molar-refractivity contribution in [3.05, 3.63) is 58.6 Å². The molecule has 0 amide bonds. The number of ether oxygens (including phenoxy) is 1. The quantitative estimate of drug-likeness (QED) is 0.791. The molecule has 19 heavy (non-hydrogen) atoms. The van der Waals surface area contributed by atoms with Crippen molar-refractivity contribution < 1.29 is 4.74 Å². The summed E-state index contributed by atoms with van der Waals surface area (Å²) >= 11 is 3.45. The van der Waals surface area contributed by atoms with E-state index in [1.54, 1.807) is 7.11 Å². The summed E-state index contributed by atoms with van der Waals surface area (Å²) in [7, 11) is 1.68. The third-order valence-electron chi connectivity index (χ3n) is 2.97. The molecular weight excluding hydrogens is 302 g/mol. The molecule has 0 spiro atoms. The Balaban J connectivity index is 1.80. The van der Waals surface area contributed by atoms with Crippen LogP contribution in [0.1, 0.15) is 12.0 Å². The number of nitrogens with one attached hydrogen (secondary N) is 1. The maximum atomic E-state index is 5.27. The number of hydrogen-bond acceptors (Lipinski definition) is 2. The highest BCUT2D eigenvalue weighted by atomic mass is 79.9. The molecule has 2 rings (SSSR count). The van der Waals surface area contributed by atoms with Crippen LogP contribution in [-0.2, 0) is 6.42 Å². The molecule has 0 aromatic heterocycles. The number of halogens is 1. The topological polar surface area (TPSA) is 21.3 Å². The van der Waals surface area contributed by atoms with Crippen LogP contribution < -0.4 is 10.1 Å². The molecule has 0 unspecified atom stereocenters. The van der Waals surface area contributed by atoms with Crippen LogP contribution in [0.3, 0.4) is 0 Å². The van der Waals surface area contributed by atoms with Crippen LogP contribution in [0.25, 0.3) is 0 Å². The third kappa shape index (κ3) is 4.28. The lowest BCUT2D eigenvalue weighted by Gasteiger charge is -2.09. The molecule has 0 aliphatic carbocycles. The van der Waals surface area contributed by atoms with Crippen LogP contribution in [-0.4, -0.2) is 13.7 Å². The Bertz CT molecular complexity index is 513. The fraction of sp³-hybridized carbons (Fsp3) is 0.250. The first-order valence-corrected chi connectivity index (χ1v) is 7.20. The van der Waals surface area contributed by atoms with E-state index in [2.05, 4.69) is 57.6 Å². The number of hydrogen-bond donors (Lipinski definition) is 1. The van der Waals surface area contributed by atoms with E-state index in [1.807, 2.05) is 12.1 Å². The normalized spacial score (nSPS) is 10.2. The predicted octanol–water partition coefficient (Wildman–Crippen LogP) is 4.50. The minimum Gasteiger partial charge on any atom is -0.495 e. The number of methoxy groups -OCH3 is 1. The van der Waals surface area contributed by atoms with E-state index in [0.29, 0.717) is 0 Å². The van der Waals surface area contributed by atoms with Crippen LogP contribution in [0.2, 0.25) is 0 Å². The Morgan fingerprint density at radius 3 is 2.63 bits per heavy atom. The fourth-order valence-electron chi connectivity index (χ4n) is 1.94. The lowest BCUT2D eigenvalue weighted by molar-refractivity contribution is 0.412. The largest absolute Gasteiger partial charge is 0.495 e. The molecule has 0 aliphatic rings. The van der Waals surface area contributed by atoms with Crippen LogP contribution in [0.4, 0.5) is 5.69 Å². The van der Waals surface area contributed by atoms with Crippen LogP contribution in [0.15, 0.2) is 53.0 Å². The molecule has 2 nitrogen and oxygen atoms in total. The molecule has 0 bridgehead atoms. The lowest BCUT2D eigenvalue weighted by atomic mass is 10.1. The zero-order valence-electron chi connectivity index (χ0n) is 11.0. The molecule has 0 radical (unpaired) electrons. The molecule has 0 fully saturated rings. The molecule has 0 saturated carbocycles. The Hall–Kier alpha value is -1.48. The standard InChI is InChI=1S/C16H18BrNO/c1-19-16-12-14(9-10-15(16)17)18-11-5-8-13-6-3-2-4-7-13/h2-4,6-7,9-10,12,18H,5,8,11H2,1H3. The number of benzene rings is 2. The number of rotatable bonds is 6. The second-order valence-corrected chi connectivity index (χ2v) is 5.22. The second kappa shape index (κ2) is 7.19. The van der Waals surface area contributed by atoms with Crippen LogP contribution in [0.5, 0.6) is 5.75 Å². The smallest absolute Gasteiger partial charge is 0.135 e. The summed E-state index contributed by atoms with van der Waals surface area (Å²) in [4.78, 5) is 0. The first-order chi connectivity index (χ1) is 9.29. The summed E-state index contributed by atoms with van der Waals surface area (Å²) in [6.45, 7) is 0.958. The van der Waals surface area contributed by atoms with Crippen LogP contribution in [0, 0.1) is 0 Å². The maximum absolute atomic E-state index is 5.27. The molecule has 0 heterocycles. The molecule has 0 aliphatic heterocycles. The van der Waals surface area contributed by atoms with Gasteiger partial charge in [-0.2, -0.15) is 0 Å². The molecule has 1 N–H and O–H groups in total. The average Bonchev–Trinajstić information content (AvgIpc) is 2.46. The predicted molar refractivity (Wildman–Crippen MR) is 83.9 cm³/mol. The van der Waals surface area contributed by atoms with Gasteiger partial charge in [0.2, 0.25) is 0 Å². The van der Waals surface area contributed by atoms with E-state index in [0.717, 1.165) is 35.3 Å². The van der Waals surface area contributed by atoms with Gasteiger partial charge in [0.1, 0.15) is 5.75 Å². The van der Waals surface area contributed by atoms with Crippen molar-refractivity contribution in [1.29, 1.82) is 0 Å². The van der Waals surface area contributed by atoms with Crippen molar-refractivity contribution in [3.8, 4) is 5.75 Å². The zero-order valence-corrected chi connectivity index (χ0v) is 12.6. The molecule has 0 atom stereocenters. The fourth-order valence-corrected chi connectivity index (χ4v) is 2.35. The molecule has 2 aromatic rings. The van der Waals surface area contributed by atoms with Crippen molar-refractivity contribution in [3.63, 3.8) is 0 Å². The van der Waals surface area contributed by atoms with Crippen molar-refractivity contribution in [2.75, 3.05) is 19.0 Å². The first kappa shape index (κ1) is 13.9. The van der Waals surface area contributed by atoms with E-state index in [-0.39, 0.29) is 0 Å². The van der Waals surface area contributed by atoms with Crippen molar-refractivity contribution in [2.24, 2.45) is 0 Å². The highest BCUT2D eigenvalue weighted by Gasteiger charge is 2.01. The van der Waals surface area contributed by atoms with Gasteiger partial charge in [-0.1, -0.05) is 30.3 Å². The monoisotopic (exact) mass is 319 g/mol. The highest BCUT2D eigenvalue weighted by molar-refractivity contribution is 9.10. The van der Waals surface area contributed by atoms with Gasteiger partial charge in [0.05, 0.1) is 11.6 Å². The summed E-state index contributed by atoms with van der Waals surface area (Å²) in [6, 6.07) is 16.6. The van der Waals surface area contributed by atoms with Crippen molar-refractivity contribution >= 4 is 21.6 Å². The van der Waals surface area contributed by atoms with Crippen molar-refractivity contribution in [1.82, 2.24) is 0 Å². The Morgan fingerprint density at radius 2 is 1.89 bits per heavy atom. The summed E-state index contributed by atoms with van der Waals surface area (Å²) in [5.74, 6) is 0.855. The lowest BCUT2D eigenvalue weighted by Crippen LogP contribution is -2.03. The zero-order chi connectivity index (χ0) is 13.5. The minimum atomic E-state index is 0.855. The summed E-state index contributed by atoms with van der Waals surface area (Å²) in [5.41, 5.74) is 2.48. The summed E-state index contributed by atoms with van der Waals surface area (Å²) in [6.07, 6.45) is 2.21. The Morgan fingerprint density at radius 1 is 1.11 bits per heavy atom. The summed E-state index contributed by atoms with van der Waals surface area (Å²) < 4.78 is 6.25. The molecular formula is C16H18BrNO. The van der Waals surface area contributed by atoms with Gasteiger partial charge in [0, 0.05) is 18.3 Å².